The minimum Gasteiger partial charge on any atom is -0.497 e. The van der Waals surface area contributed by atoms with Gasteiger partial charge in [-0.05, 0) is 61.4 Å². The van der Waals surface area contributed by atoms with Gasteiger partial charge in [-0.15, -0.1) is 0 Å². The van der Waals surface area contributed by atoms with Crippen molar-refractivity contribution < 1.29 is 22.4 Å². The lowest BCUT2D eigenvalue weighted by molar-refractivity contribution is 0.0932. The Kier molecular flexibility index (Phi) is 5.73. The summed E-state index contributed by atoms with van der Waals surface area (Å²) >= 11 is 0. The van der Waals surface area contributed by atoms with E-state index in [1.54, 1.807) is 49.8 Å². The second kappa shape index (κ2) is 8.47. The van der Waals surface area contributed by atoms with Crippen molar-refractivity contribution in [1.29, 1.82) is 0 Å². The van der Waals surface area contributed by atoms with Crippen molar-refractivity contribution in [3.63, 3.8) is 0 Å². The van der Waals surface area contributed by atoms with Crippen LogP contribution < -0.4 is 14.4 Å². The van der Waals surface area contributed by atoms with E-state index in [9.17, 15) is 13.2 Å². The van der Waals surface area contributed by atoms with Crippen molar-refractivity contribution in [2.75, 3.05) is 18.5 Å². The Morgan fingerprint density at radius 3 is 2.68 bits per heavy atom. The first-order valence-corrected chi connectivity index (χ1v) is 11.4. The van der Waals surface area contributed by atoms with Crippen molar-refractivity contribution in [2.24, 2.45) is 0 Å². The molecule has 0 saturated heterocycles. The topological polar surface area (TPSA) is 88.8 Å². The molecule has 8 heteroatoms. The summed E-state index contributed by atoms with van der Waals surface area (Å²) in [6.45, 7) is 0. The second-order valence-electron chi connectivity index (χ2n) is 7.42. The summed E-state index contributed by atoms with van der Waals surface area (Å²) in [7, 11) is -0.816. The van der Waals surface area contributed by atoms with E-state index in [2.05, 4.69) is 5.32 Å². The summed E-state index contributed by atoms with van der Waals surface area (Å²) in [5, 5.41) is 3.01. The van der Waals surface area contributed by atoms with Crippen LogP contribution in [0.4, 0.5) is 5.69 Å². The van der Waals surface area contributed by atoms with E-state index < -0.39 is 10.0 Å². The minimum atomic E-state index is -3.84. The van der Waals surface area contributed by atoms with Gasteiger partial charge in [0.15, 0.2) is 0 Å². The fourth-order valence-corrected chi connectivity index (χ4v) is 5.01. The second-order valence-corrected chi connectivity index (χ2v) is 9.39. The summed E-state index contributed by atoms with van der Waals surface area (Å²) in [6, 6.07) is 14.5. The van der Waals surface area contributed by atoms with Crippen LogP contribution in [-0.2, 0) is 16.4 Å². The van der Waals surface area contributed by atoms with E-state index in [4.69, 9.17) is 9.15 Å². The Labute approximate surface area is 181 Å². The fourth-order valence-electron chi connectivity index (χ4n) is 3.76. The Hall–Kier alpha value is -3.26. The number of anilines is 1. The minimum absolute atomic E-state index is 0.0473. The summed E-state index contributed by atoms with van der Waals surface area (Å²) in [5.74, 6) is 1.22. The molecule has 162 valence electrons. The first kappa shape index (κ1) is 21.0. The number of carbonyl (C=O) groups is 1. The van der Waals surface area contributed by atoms with Gasteiger partial charge in [0.1, 0.15) is 11.5 Å². The van der Waals surface area contributed by atoms with Gasteiger partial charge in [-0.3, -0.25) is 9.10 Å². The smallest absolute Gasteiger partial charge is 0.264 e. The van der Waals surface area contributed by atoms with Gasteiger partial charge in [-0.2, -0.15) is 0 Å². The number of benzene rings is 2. The third kappa shape index (κ3) is 4.16. The molecule has 1 unspecified atom stereocenters. The maximum atomic E-state index is 13.1. The first-order chi connectivity index (χ1) is 14.9. The third-order valence-electron chi connectivity index (χ3n) is 5.55. The Morgan fingerprint density at radius 1 is 1.16 bits per heavy atom. The predicted molar refractivity (Wildman–Crippen MR) is 117 cm³/mol. The van der Waals surface area contributed by atoms with Crippen LogP contribution in [0.15, 0.2) is 70.2 Å². The van der Waals surface area contributed by atoms with Crippen LogP contribution in [0.5, 0.6) is 5.75 Å². The number of nitrogens with one attached hydrogen (secondary N) is 1. The number of fused-ring (bicyclic) bond motifs is 1. The van der Waals surface area contributed by atoms with Gasteiger partial charge < -0.3 is 14.5 Å². The van der Waals surface area contributed by atoms with Crippen LogP contribution in [0, 0.1) is 0 Å². The summed E-state index contributed by atoms with van der Waals surface area (Å²) < 4.78 is 38.0. The van der Waals surface area contributed by atoms with Gasteiger partial charge in [-0.1, -0.05) is 6.07 Å². The van der Waals surface area contributed by atoms with E-state index in [0.717, 1.165) is 30.6 Å². The molecule has 0 bridgehead atoms. The summed E-state index contributed by atoms with van der Waals surface area (Å²) in [5.41, 5.74) is 1.77. The number of carbonyl (C=O) groups excluding carboxylic acids is 1. The number of amides is 1. The highest BCUT2D eigenvalue weighted by molar-refractivity contribution is 7.92. The highest BCUT2D eigenvalue weighted by Gasteiger charge is 2.26. The molecule has 0 fully saturated rings. The Balaban J connectivity index is 1.55. The van der Waals surface area contributed by atoms with Crippen LogP contribution in [0.2, 0.25) is 0 Å². The van der Waals surface area contributed by atoms with E-state index in [0.29, 0.717) is 17.0 Å². The molecule has 0 radical (unpaired) electrons. The van der Waals surface area contributed by atoms with Crippen LogP contribution >= 0.6 is 0 Å². The zero-order valence-corrected chi connectivity index (χ0v) is 18.2. The van der Waals surface area contributed by atoms with E-state index in [1.807, 2.05) is 6.07 Å². The molecule has 0 spiro atoms. The molecule has 1 atom stereocenters. The number of furan rings is 1. The highest BCUT2D eigenvalue weighted by Crippen LogP contribution is 2.31. The average molecular weight is 441 g/mol. The van der Waals surface area contributed by atoms with Crippen molar-refractivity contribution in [3.8, 4) is 5.75 Å². The molecule has 31 heavy (non-hydrogen) atoms. The van der Waals surface area contributed by atoms with Crippen LogP contribution in [0.1, 0.15) is 40.6 Å². The molecule has 1 aromatic heterocycles. The lowest BCUT2D eigenvalue weighted by Crippen LogP contribution is -2.31. The molecule has 0 saturated carbocycles. The highest BCUT2D eigenvalue weighted by atomic mass is 32.2. The summed E-state index contributed by atoms with van der Waals surface area (Å²) in [4.78, 5) is 12.9. The maximum Gasteiger partial charge on any atom is 0.264 e. The van der Waals surface area contributed by atoms with Crippen LogP contribution in [-0.4, -0.2) is 28.5 Å². The number of hydrogen-bond acceptors (Lipinski definition) is 5. The molecule has 2 aromatic carbocycles. The van der Waals surface area contributed by atoms with Gasteiger partial charge in [0.05, 0.1) is 30.0 Å². The molecule has 1 amide bonds. The van der Waals surface area contributed by atoms with Crippen LogP contribution in [0.3, 0.4) is 0 Å². The molecule has 1 aliphatic rings. The number of rotatable bonds is 6. The first-order valence-electron chi connectivity index (χ1n) is 10.0. The van der Waals surface area contributed by atoms with Crippen LogP contribution in [0.25, 0.3) is 0 Å². The predicted octanol–water partition coefficient (Wildman–Crippen LogP) is 3.92. The number of hydrogen-bond donors (Lipinski definition) is 1. The quantitative estimate of drug-likeness (QED) is 0.628. The lowest BCUT2D eigenvalue weighted by atomic mass is 9.93. The van der Waals surface area contributed by atoms with Crippen molar-refractivity contribution in [2.45, 2.75) is 30.2 Å². The lowest BCUT2D eigenvalue weighted by Gasteiger charge is -2.23. The SMILES string of the molecule is COc1ccc(N(C)S(=O)(=O)c2cccc(C(=O)NC3CCCc4occc43)c2)cc1. The third-order valence-corrected chi connectivity index (χ3v) is 7.33. The molecular formula is C23H24N2O5S. The van der Waals surface area contributed by atoms with Gasteiger partial charge in [0.2, 0.25) is 0 Å². The number of aryl methyl sites for hydroxylation is 1. The molecule has 1 heterocycles. The molecule has 7 nitrogen and oxygen atoms in total. The monoisotopic (exact) mass is 440 g/mol. The van der Waals surface area contributed by atoms with Crippen molar-refractivity contribution >= 4 is 21.6 Å². The van der Waals surface area contributed by atoms with Gasteiger partial charge >= 0.3 is 0 Å². The number of methoxy groups -OCH3 is 1. The van der Waals surface area contributed by atoms with Gasteiger partial charge in [0.25, 0.3) is 15.9 Å². The molecule has 0 aliphatic heterocycles. The van der Waals surface area contributed by atoms with Crippen molar-refractivity contribution in [3.05, 3.63) is 77.7 Å². The van der Waals surface area contributed by atoms with E-state index >= 15 is 0 Å². The number of sulfonamides is 1. The molecule has 3 aromatic rings. The standard InChI is InChI=1S/C23H24N2O5S/c1-25(17-9-11-18(29-2)12-10-17)31(27,28)19-6-3-5-16(15-19)23(26)24-21-7-4-8-22-20(21)13-14-30-22/h3,5-6,9-15,21H,4,7-8H2,1-2H3,(H,24,26). The summed E-state index contributed by atoms with van der Waals surface area (Å²) in [6.07, 6.45) is 4.24. The largest absolute Gasteiger partial charge is 0.497 e. The molecule has 1 aliphatic carbocycles. The number of nitrogens with zero attached hydrogens (tertiary/aromatic N) is 1. The van der Waals surface area contributed by atoms with Gasteiger partial charge in [0, 0.05) is 24.6 Å². The number of ether oxygens (including phenoxy) is 1. The van der Waals surface area contributed by atoms with Gasteiger partial charge in [-0.25, -0.2) is 8.42 Å². The molecule has 4 rings (SSSR count). The Bertz CT molecular complexity index is 1180. The normalized spacial score (nSPS) is 15.7. The molecule has 1 N–H and O–H groups in total. The average Bonchev–Trinajstić information content (AvgIpc) is 3.28. The zero-order chi connectivity index (χ0) is 22.0. The zero-order valence-electron chi connectivity index (χ0n) is 17.4. The van der Waals surface area contributed by atoms with E-state index in [1.165, 1.54) is 23.5 Å². The maximum absolute atomic E-state index is 13.1. The van der Waals surface area contributed by atoms with E-state index in [-0.39, 0.29) is 16.8 Å². The fraction of sp³-hybridized carbons (Fsp3) is 0.261. The Morgan fingerprint density at radius 2 is 1.94 bits per heavy atom. The van der Waals surface area contributed by atoms with Crippen molar-refractivity contribution in [1.82, 2.24) is 5.32 Å². The molecular weight excluding hydrogens is 416 g/mol.